The maximum Gasteiger partial charge on any atom is 0.112 e. The quantitative estimate of drug-likeness (QED) is 0.590. The van der Waals surface area contributed by atoms with Crippen molar-refractivity contribution in [2.75, 3.05) is 0 Å². The normalized spacial score (nSPS) is 12.9. The number of allylic oxidation sites excluding steroid dienone is 1. The van der Waals surface area contributed by atoms with Gasteiger partial charge in [0.1, 0.15) is 4.84 Å². The van der Waals surface area contributed by atoms with Crippen LogP contribution in [0.3, 0.4) is 0 Å². The van der Waals surface area contributed by atoms with E-state index in [9.17, 15) is 0 Å². The SMILES string of the molecule is Cl/C=C(\Cl)CC(Cl)Cl. The van der Waals surface area contributed by atoms with Crippen molar-refractivity contribution in [1.29, 1.82) is 0 Å². The molecule has 0 fully saturated rings. The van der Waals surface area contributed by atoms with Crippen molar-refractivity contribution in [3.8, 4) is 0 Å². The van der Waals surface area contributed by atoms with Crippen LogP contribution in [0.1, 0.15) is 6.42 Å². The van der Waals surface area contributed by atoms with Gasteiger partial charge >= 0.3 is 0 Å². The average molecular weight is 194 g/mol. The molecule has 0 atom stereocenters. The second kappa shape index (κ2) is 4.75. The van der Waals surface area contributed by atoms with Crippen molar-refractivity contribution in [2.45, 2.75) is 11.3 Å². The summed E-state index contributed by atoms with van der Waals surface area (Å²) in [7, 11) is 0. The lowest BCUT2D eigenvalue weighted by Gasteiger charge is -1.94. The molecule has 0 aromatic rings. The Labute approximate surface area is 68.4 Å². The molecular weight excluding hydrogens is 190 g/mol. The van der Waals surface area contributed by atoms with Crippen molar-refractivity contribution in [3.05, 3.63) is 10.6 Å². The predicted octanol–water partition coefficient (Wildman–Crippen LogP) is 3.50. The van der Waals surface area contributed by atoms with E-state index >= 15 is 0 Å². The highest BCUT2D eigenvalue weighted by molar-refractivity contribution is 6.45. The van der Waals surface area contributed by atoms with Crippen LogP contribution in [0.2, 0.25) is 0 Å². The van der Waals surface area contributed by atoms with Crippen LogP contribution in [0, 0.1) is 0 Å². The van der Waals surface area contributed by atoms with Crippen molar-refractivity contribution in [2.24, 2.45) is 0 Å². The summed E-state index contributed by atoms with van der Waals surface area (Å²) < 4.78 is 0. The first kappa shape index (κ1) is 8.90. The second-order valence-corrected chi connectivity index (χ2v) is 3.13. The fourth-order valence-electron chi connectivity index (χ4n) is 0.192. The molecule has 0 aliphatic rings. The van der Waals surface area contributed by atoms with Gasteiger partial charge in [-0.2, -0.15) is 0 Å². The molecular formula is C4H4Cl4. The van der Waals surface area contributed by atoms with Crippen LogP contribution >= 0.6 is 46.4 Å². The van der Waals surface area contributed by atoms with E-state index in [1.807, 2.05) is 0 Å². The van der Waals surface area contributed by atoms with Crippen LogP contribution in [0.25, 0.3) is 0 Å². The van der Waals surface area contributed by atoms with Gasteiger partial charge in [-0.1, -0.05) is 23.2 Å². The molecule has 0 unspecified atom stereocenters. The van der Waals surface area contributed by atoms with Gasteiger partial charge in [0.05, 0.1) is 0 Å². The largest absolute Gasteiger partial charge is 0.112 e. The summed E-state index contributed by atoms with van der Waals surface area (Å²) in [5.41, 5.74) is 1.25. The first-order valence-corrected chi connectivity index (χ1v) is 3.58. The maximum atomic E-state index is 5.42. The molecule has 0 aromatic carbocycles. The van der Waals surface area contributed by atoms with E-state index in [0.717, 1.165) is 0 Å². The molecule has 0 heterocycles. The Kier molecular flexibility index (Phi) is 5.28. The number of hydrogen-bond acceptors (Lipinski definition) is 0. The molecule has 0 rings (SSSR count). The fourth-order valence-corrected chi connectivity index (χ4v) is 0.926. The topological polar surface area (TPSA) is 0 Å². The molecule has 0 radical (unpaired) electrons. The van der Waals surface area contributed by atoms with Gasteiger partial charge in [-0.15, -0.1) is 23.2 Å². The van der Waals surface area contributed by atoms with Gasteiger partial charge < -0.3 is 0 Å². The van der Waals surface area contributed by atoms with E-state index in [1.165, 1.54) is 5.54 Å². The van der Waals surface area contributed by atoms with Crippen molar-refractivity contribution in [3.63, 3.8) is 0 Å². The molecule has 8 heavy (non-hydrogen) atoms. The monoisotopic (exact) mass is 192 g/mol. The van der Waals surface area contributed by atoms with Gasteiger partial charge in [0, 0.05) is 17.0 Å². The zero-order valence-electron chi connectivity index (χ0n) is 3.87. The molecule has 0 amide bonds. The van der Waals surface area contributed by atoms with Gasteiger partial charge in [0.2, 0.25) is 0 Å². The Morgan fingerprint density at radius 2 is 2.00 bits per heavy atom. The maximum absolute atomic E-state index is 5.42. The van der Waals surface area contributed by atoms with E-state index in [2.05, 4.69) is 0 Å². The Morgan fingerprint density at radius 3 is 2.12 bits per heavy atom. The summed E-state index contributed by atoms with van der Waals surface area (Å²) in [6, 6.07) is 0. The Balaban J connectivity index is 3.39. The molecule has 0 bridgehead atoms. The first-order chi connectivity index (χ1) is 3.66. The van der Waals surface area contributed by atoms with Crippen LogP contribution in [0.15, 0.2) is 10.6 Å². The molecule has 0 aromatic heterocycles. The number of alkyl halides is 2. The molecule has 0 saturated heterocycles. The number of hydrogen-bond donors (Lipinski definition) is 0. The lowest BCUT2D eigenvalue weighted by Crippen LogP contribution is -1.83. The Morgan fingerprint density at radius 1 is 1.50 bits per heavy atom. The molecule has 4 heteroatoms. The van der Waals surface area contributed by atoms with Crippen LogP contribution in [-0.4, -0.2) is 4.84 Å². The summed E-state index contributed by atoms with van der Waals surface area (Å²) in [6.45, 7) is 0. The molecule has 48 valence electrons. The fraction of sp³-hybridized carbons (Fsp3) is 0.500. The molecule has 0 spiro atoms. The van der Waals surface area contributed by atoms with Crippen LogP contribution in [0.5, 0.6) is 0 Å². The van der Waals surface area contributed by atoms with Crippen molar-refractivity contribution >= 4 is 46.4 Å². The third-order valence-corrected chi connectivity index (χ3v) is 1.41. The molecule has 0 aliphatic carbocycles. The van der Waals surface area contributed by atoms with Crippen LogP contribution < -0.4 is 0 Å². The highest BCUT2D eigenvalue weighted by atomic mass is 35.5. The molecule has 0 N–H and O–H groups in total. The lowest BCUT2D eigenvalue weighted by molar-refractivity contribution is 1.13. The van der Waals surface area contributed by atoms with E-state index < -0.39 is 4.84 Å². The number of rotatable bonds is 2. The summed E-state index contributed by atoms with van der Waals surface area (Å²) in [6.07, 6.45) is 0.411. The molecule has 0 nitrogen and oxygen atoms in total. The standard InChI is InChI=1S/C4H4Cl4/c5-2-3(6)1-4(7)8/h2,4H,1H2/b3-2-. The molecule has 0 aliphatic heterocycles. The summed E-state index contributed by atoms with van der Waals surface area (Å²) in [4.78, 5) is -0.461. The highest BCUT2D eigenvalue weighted by Gasteiger charge is 1.99. The summed E-state index contributed by atoms with van der Waals surface area (Å²) in [5.74, 6) is 0. The zero-order valence-corrected chi connectivity index (χ0v) is 6.90. The lowest BCUT2D eigenvalue weighted by atomic mass is 10.5. The zero-order chi connectivity index (χ0) is 6.57. The summed E-state index contributed by atoms with van der Waals surface area (Å²) >= 11 is 21.3. The average Bonchev–Trinajstić information content (AvgIpc) is 1.65. The third-order valence-electron chi connectivity index (χ3n) is 0.468. The molecule has 0 saturated carbocycles. The van der Waals surface area contributed by atoms with Crippen LogP contribution in [0.4, 0.5) is 0 Å². The second-order valence-electron chi connectivity index (χ2n) is 1.15. The van der Waals surface area contributed by atoms with Gasteiger partial charge in [0.15, 0.2) is 0 Å². The van der Waals surface area contributed by atoms with E-state index in [0.29, 0.717) is 11.5 Å². The minimum atomic E-state index is -0.461. The van der Waals surface area contributed by atoms with Gasteiger partial charge in [0.25, 0.3) is 0 Å². The Bertz CT molecular complexity index is 86.0. The van der Waals surface area contributed by atoms with E-state index in [1.54, 1.807) is 0 Å². The van der Waals surface area contributed by atoms with Gasteiger partial charge in [-0.25, -0.2) is 0 Å². The minimum Gasteiger partial charge on any atom is -0.105 e. The van der Waals surface area contributed by atoms with E-state index in [-0.39, 0.29) is 0 Å². The summed E-state index contributed by atoms with van der Waals surface area (Å²) in [5, 5.41) is 0.474. The Hall–Kier alpha value is 0.900. The predicted molar refractivity (Wildman–Crippen MR) is 39.9 cm³/mol. The highest BCUT2D eigenvalue weighted by Crippen LogP contribution is 2.17. The number of halogens is 4. The smallest absolute Gasteiger partial charge is 0.105 e. The van der Waals surface area contributed by atoms with Crippen molar-refractivity contribution < 1.29 is 0 Å². The van der Waals surface area contributed by atoms with Gasteiger partial charge in [-0.3, -0.25) is 0 Å². The third kappa shape index (κ3) is 5.04. The van der Waals surface area contributed by atoms with E-state index in [4.69, 9.17) is 46.4 Å². The van der Waals surface area contributed by atoms with Crippen molar-refractivity contribution in [1.82, 2.24) is 0 Å². The van der Waals surface area contributed by atoms with Gasteiger partial charge in [-0.05, 0) is 0 Å². The first-order valence-electron chi connectivity index (χ1n) is 1.89. The van der Waals surface area contributed by atoms with Crippen LogP contribution in [-0.2, 0) is 0 Å². The minimum absolute atomic E-state index is 0.411.